The first kappa shape index (κ1) is 12.8. The molecule has 0 aliphatic rings. The van der Waals surface area contributed by atoms with Gasteiger partial charge < -0.3 is 20.3 Å². The lowest BCUT2D eigenvalue weighted by atomic mass is 10.1. The highest BCUT2D eigenvalue weighted by atomic mass is 16.5. The number of carbonyl (C=O) groups is 2. The van der Waals surface area contributed by atoms with Crippen LogP contribution in [0.2, 0.25) is 0 Å². The van der Waals surface area contributed by atoms with Crippen LogP contribution in [0, 0.1) is 0 Å². The molecule has 0 amide bonds. The van der Waals surface area contributed by atoms with Crippen molar-refractivity contribution < 1.29 is 24.5 Å². The van der Waals surface area contributed by atoms with E-state index in [2.05, 4.69) is 5.32 Å². The van der Waals surface area contributed by atoms with Gasteiger partial charge in [-0.25, -0.2) is 4.79 Å². The number of methoxy groups -OCH3 is 1. The first-order valence-corrected chi connectivity index (χ1v) is 4.91. The molecule has 0 saturated heterocycles. The first-order chi connectivity index (χ1) is 8.04. The molecule has 0 aromatic heterocycles. The van der Waals surface area contributed by atoms with Crippen molar-refractivity contribution >= 4 is 17.6 Å². The fourth-order valence-corrected chi connectivity index (χ4v) is 1.29. The zero-order chi connectivity index (χ0) is 12.8. The number of carboxylic acids is 2. The number of aliphatic carboxylic acids is 1. The molecule has 0 fully saturated rings. The van der Waals surface area contributed by atoms with Gasteiger partial charge >= 0.3 is 11.9 Å². The predicted molar refractivity (Wildman–Crippen MR) is 60.7 cm³/mol. The molecule has 3 N–H and O–H groups in total. The molecule has 0 saturated carbocycles. The van der Waals surface area contributed by atoms with Gasteiger partial charge in [-0.1, -0.05) is 0 Å². The largest absolute Gasteiger partial charge is 0.497 e. The van der Waals surface area contributed by atoms with E-state index in [0.29, 0.717) is 11.4 Å². The van der Waals surface area contributed by atoms with Gasteiger partial charge in [-0.2, -0.15) is 0 Å². The number of ether oxygens (including phenoxy) is 1. The highest BCUT2D eigenvalue weighted by Crippen LogP contribution is 2.22. The van der Waals surface area contributed by atoms with E-state index in [-0.39, 0.29) is 18.5 Å². The smallest absolute Gasteiger partial charge is 0.337 e. The topological polar surface area (TPSA) is 95.9 Å². The van der Waals surface area contributed by atoms with Crippen molar-refractivity contribution in [1.82, 2.24) is 0 Å². The van der Waals surface area contributed by atoms with Gasteiger partial charge in [-0.15, -0.1) is 0 Å². The Hall–Kier alpha value is -2.24. The third kappa shape index (κ3) is 3.67. The number of anilines is 1. The van der Waals surface area contributed by atoms with E-state index in [0.717, 1.165) is 0 Å². The highest BCUT2D eigenvalue weighted by molar-refractivity contribution is 5.94. The molecular weight excluding hydrogens is 226 g/mol. The molecule has 1 aromatic carbocycles. The maximum atomic E-state index is 11.0. The predicted octanol–water partition coefficient (Wildman–Crippen LogP) is 1.28. The van der Waals surface area contributed by atoms with Crippen molar-refractivity contribution in [2.45, 2.75) is 6.42 Å². The van der Waals surface area contributed by atoms with Crippen molar-refractivity contribution in [3.8, 4) is 5.75 Å². The van der Waals surface area contributed by atoms with Crippen LogP contribution in [0.15, 0.2) is 18.2 Å². The molecule has 1 rings (SSSR count). The second-order valence-electron chi connectivity index (χ2n) is 3.29. The average molecular weight is 239 g/mol. The van der Waals surface area contributed by atoms with Crippen LogP contribution in [0.5, 0.6) is 5.75 Å². The minimum atomic E-state index is -1.10. The van der Waals surface area contributed by atoms with Gasteiger partial charge in [-0.05, 0) is 18.2 Å². The van der Waals surface area contributed by atoms with Crippen molar-refractivity contribution in [2.24, 2.45) is 0 Å². The molecule has 0 aliphatic heterocycles. The molecule has 17 heavy (non-hydrogen) atoms. The van der Waals surface area contributed by atoms with Gasteiger partial charge in [0.15, 0.2) is 0 Å². The number of hydrogen-bond donors (Lipinski definition) is 3. The Morgan fingerprint density at radius 3 is 2.59 bits per heavy atom. The van der Waals surface area contributed by atoms with E-state index in [1.165, 1.54) is 13.2 Å². The van der Waals surface area contributed by atoms with E-state index in [1.54, 1.807) is 12.1 Å². The summed E-state index contributed by atoms with van der Waals surface area (Å²) < 4.78 is 4.92. The third-order valence-electron chi connectivity index (χ3n) is 2.11. The van der Waals surface area contributed by atoms with Crippen LogP contribution in [0.3, 0.4) is 0 Å². The molecule has 6 nitrogen and oxygen atoms in total. The zero-order valence-corrected chi connectivity index (χ0v) is 9.27. The van der Waals surface area contributed by atoms with Gasteiger partial charge in [0.25, 0.3) is 0 Å². The van der Waals surface area contributed by atoms with Crippen molar-refractivity contribution in [2.75, 3.05) is 19.0 Å². The number of aromatic carboxylic acids is 1. The van der Waals surface area contributed by atoms with E-state index >= 15 is 0 Å². The fraction of sp³-hybridized carbons (Fsp3) is 0.273. The van der Waals surface area contributed by atoms with E-state index in [1.807, 2.05) is 0 Å². The quantitative estimate of drug-likeness (QED) is 0.692. The van der Waals surface area contributed by atoms with Gasteiger partial charge in [0.1, 0.15) is 5.75 Å². The number of carboxylic acid groups (broad SMARTS) is 2. The summed E-state index contributed by atoms with van der Waals surface area (Å²) in [5, 5.41) is 20.2. The summed E-state index contributed by atoms with van der Waals surface area (Å²) in [6.07, 6.45) is -0.0783. The summed E-state index contributed by atoms with van der Waals surface area (Å²) in [4.78, 5) is 21.3. The van der Waals surface area contributed by atoms with Crippen molar-refractivity contribution in [1.29, 1.82) is 0 Å². The second-order valence-corrected chi connectivity index (χ2v) is 3.29. The summed E-state index contributed by atoms with van der Waals surface area (Å²) >= 11 is 0. The Morgan fingerprint density at radius 1 is 1.35 bits per heavy atom. The van der Waals surface area contributed by atoms with Crippen LogP contribution in [0.1, 0.15) is 16.8 Å². The van der Waals surface area contributed by atoms with Gasteiger partial charge in [0.2, 0.25) is 0 Å². The first-order valence-electron chi connectivity index (χ1n) is 4.91. The highest BCUT2D eigenvalue weighted by Gasteiger charge is 2.11. The summed E-state index contributed by atoms with van der Waals surface area (Å²) in [6.45, 7) is 0.169. The normalized spacial score (nSPS) is 9.71. The van der Waals surface area contributed by atoms with Crippen LogP contribution < -0.4 is 10.1 Å². The zero-order valence-electron chi connectivity index (χ0n) is 9.27. The van der Waals surface area contributed by atoms with Crippen LogP contribution in [0.4, 0.5) is 5.69 Å². The Balaban J connectivity index is 2.83. The summed E-state index contributed by atoms with van der Waals surface area (Å²) in [5.41, 5.74) is 0.425. The molecule has 0 atom stereocenters. The molecule has 0 spiro atoms. The third-order valence-corrected chi connectivity index (χ3v) is 2.11. The van der Waals surface area contributed by atoms with Crippen LogP contribution in [0.25, 0.3) is 0 Å². The SMILES string of the molecule is COc1ccc(NCCC(=O)O)c(C(=O)O)c1. The Bertz CT molecular complexity index is 430. The van der Waals surface area contributed by atoms with Gasteiger partial charge in [0, 0.05) is 12.2 Å². The van der Waals surface area contributed by atoms with Gasteiger partial charge in [0.05, 0.1) is 19.1 Å². The molecule has 92 valence electrons. The summed E-state index contributed by atoms with van der Waals surface area (Å²) in [5.74, 6) is -1.60. The minimum Gasteiger partial charge on any atom is -0.497 e. The summed E-state index contributed by atoms with van der Waals surface area (Å²) in [7, 11) is 1.44. The fourth-order valence-electron chi connectivity index (χ4n) is 1.29. The van der Waals surface area contributed by atoms with Crippen LogP contribution >= 0.6 is 0 Å². The average Bonchev–Trinajstić information content (AvgIpc) is 2.28. The molecule has 0 radical (unpaired) electrons. The molecule has 0 unspecified atom stereocenters. The van der Waals surface area contributed by atoms with E-state index in [4.69, 9.17) is 14.9 Å². The maximum absolute atomic E-state index is 11.0. The van der Waals surface area contributed by atoms with E-state index in [9.17, 15) is 9.59 Å². The lowest BCUT2D eigenvalue weighted by molar-refractivity contribution is -0.136. The van der Waals surface area contributed by atoms with Crippen LogP contribution in [-0.4, -0.2) is 35.8 Å². The van der Waals surface area contributed by atoms with Crippen molar-refractivity contribution in [3.05, 3.63) is 23.8 Å². The number of hydrogen-bond acceptors (Lipinski definition) is 4. The molecule has 0 heterocycles. The lowest BCUT2D eigenvalue weighted by Gasteiger charge is -2.09. The molecule has 0 bridgehead atoms. The number of benzene rings is 1. The van der Waals surface area contributed by atoms with Crippen LogP contribution in [-0.2, 0) is 4.79 Å². The Labute approximate surface area is 97.8 Å². The maximum Gasteiger partial charge on any atom is 0.337 e. The van der Waals surface area contributed by atoms with Crippen molar-refractivity contribution in [3.63, 3.8) is 0 Å². The molecule has 6 heteroatoms. The Kier molecular flexibility index (Phi) is 4.33. The molecular formula is C11H13NO5. The summed E-state index contributed by atoms with van der Waals surface area (Å²) in [6, 6.07) is 4.53. The second kappa shape index (κ2) is 5.74. The van der Waals surface area contributed by atoms with Gasteiger partial charge in [-0.3, -0.25) is 4.79 Å². The molecule has 1 aromatic rings. The lowest BCUT2D eigenvalue weighted by Crippen LogP contribution is -2.11. The number of nitrogens with one attached hydrogen (secondary N) is 1. The monoisotopic (exact) mass is 239 g/mol. The Morgan fingerprint density at radius 2 is 2.06 bits per heavy atom. The number of rotatable bonds is 6. The standard InChI is InChI=1S/C11H13NO5/c1-17-7-2-3-9(8(6-7)11(15)16)12-5-4-10(13)14/h2-3,6,12H,4-5H2,1H3,(H,13,14)(H,15,16). The molecule has 0 aliphatic carbocycles. The minimum absolute atomic E-state index is 0.0507. The van der Waals surface area contributed by atoms with E-state index < -0.39 is 11.9 Å².